The fourth-order valence-corrected chi connectivity index (χ4v) is 4.73. The number of ether oxygens (including phenoxy) is 3. The van der Waals surface area contributed by atoms with Gasteiger partial charge in [0.25, 0.3) is 5.91 Å². The van der Waals surface area contributed by atoms with Crippen LogP contribution in [0.25, 0.3) is 5.76 Å². The second-order valence-electron chi connectivity index (χ2n) is 9.02. The van der Waals surface area contributed by atoms with Crippen molar-refractivity contribution in [3.63, 3.8) is 0 Å². The van der Waals surface area contributed by atoms with Crippen LogP contribution in [0.15, 0.2) is 48.0 Å². The first kappa shape index (κ1) is 25.7. The summed E-state index contributed by atoms with van der Waals surface area (Å²) in [6.07, 6.45) is 0. The van der Waals surface area contributed by atoms with Crippen LogP contribution in [0.4, 0.5) is 0 Å². The lowest BCUT2D eigenvalue weighted by molar-refractivity contribution is -0.907. The highest BCUT2D eigenvalue weighted by atomic mass is 16.5. The topological polar surface area (TPSA) is 92.6 Å². The van der Waals surface area contributed by atoms with Gasteiger partial charge in [-0.25, -0.2) is 0 Å². The Morgan fingerprint density at radius 3 is 2.36 bits per heavy atom. The summed E-state index contributed by atoms with van der Waals surface area (Å²) in [7, 11) is 0. The maximum absolute atomic E-state index is 13.6. The van der Waals surface area contributed by atoms with Gasteiger partial charge in [-0.2, -0.15) is 0 Å². The molecule has 2 aromatic carbocycles. The Balaban J connectivity index is 1.77. The number of nitrogens with one attached hydrogen (secondary N) is 1. The third-order valence-corrected chi connectivity index (χ3v) is 6.63. The van der Waals surface area contributed by atoms with Crippen molar-refractivity contribution < 1.29 is 33.8 Å². The largest absolute Gasteiger partial charge is 0.872 e. The molecule has 192 valence electrons. The molecule has 1 unspecified atom stereocenters. The molecule has 1 amide bonds. The number of carbonyl (C=O) groups excluding carboxylic acids is 2. The molecule has 36 heavy (non-hydrogen) atoms. The summed E-state index contributed by atoms with van der Waals surface area (Å²) in [5.41, 5.74) is 2.02. The van der Waals surface area contributed by atoms with E-state index in [0.29, 0.717) is 62.1 Å². The molecule has 0 aromatic heterocycles. The number of hydrogen-bond donors (Lipinski definition) is 1. The van der Waals surface area contributed by atoms with E-state index in [0.717, 1.165) is 18.7 Å². The lowest BCUT2D eigenvalue weighted by Gasteiger charge is -2.30. The molecule has 8 heteroatoms. The Morgan fingerprint density at radius 2 is 1.69 bits per heavy atom. The van der Waals surface area contributed by atoms with Gasteiger partial charge in [-0.05, 0) is 44.0 Å². The maximum Gasteiger partial charge on any atom is 0.295 e. The molecule has 1 N–H and O–H groups in total. The molecule has 2 aliphatic heterocycles. The van der Waals surface area contributed by atoms with E-state index in [1.54, 1.807) is 30.3 Å². The molecule has 2 saturated heterocycles. The van der Waals surface area contributed by atoms with Crippen LogP contribution in [0, 0.1) is 6.92 Å². The first-order valence-corrected chi connectivity index (χ1v) is 12.6. The van der Waals surface area contributed by atoms with Crippen LogP contribution in [0.5, 0.6) is 11.5 Å². The van der Waals surface area contributed by atoms with Crippen molar-refractivity contribution in [1.29, 1.82) is 0 Å². The number of aryl methyl sites for hydroxylation is 1. The van der Waals surface area contributed by atoms with E-state index in [-0.39, 0.29) is 5.57 Å². The molecule has 0 aliphatic carbocycles. The van der Waals surface area contributed by atoms with Crippen LogP contribution in [0.1, 0.15) is 36.6 Å². The first-order valence-electron chi connectivity index (χ1n) is 12.6. The summed E-state index contributed by atoms with van der Waals surface area (Å²) < 4.78 is 16.9. The van der Waals surface area contributed by atoms with E-state index in [1.807, 2.05) is 32.9 Å². The fourth-order valence-electron chi connectivity index (χ4n) is 4.73. The van der Waals surface area contributed by atoms with Crippen LogP contribution in [-0.2, 0) is 14.3 Å². The molecule has 0 spiro atoms. The predicted molar refractivity (Wildman–Crippen MR) is 133 cm³/mol. The SMILES string of the molecule is CCOc1ccc(C2/C(=C(\[O-])c3ccc(C)cc3)C(=O)C(=O)N2CC[NH+]2CCOCC2)cc1OCC. The Labute approximate surface area is 212 Å². The van der Waals surface area contributed by atoms with Gasteiger partial charge in [0, 0.05) is 5.57 Å². The molecule has 2 fully saturated rings. The minimum atomic E-state index is -0.797. The van der Waals surface area contributed by atoms with Crippen LogP contribution < -0.4 is 19.5 Å². The lowest BCUT2D eigenvalue weighted by atomic mass is 9.94. The first-order chi connectivity index (χ1) is 17.4. The second-order valence-corrected chi connectivity index (χ2v) is 9.02. The summed E-state index contributed by atoms with van der Waals surface area (Å²) in [6, 6.07) is 11.6. The van der Waals surface area contributed by atoms with Crippen molar-refractivity contribution in [3.8, 4) is 11.5 Å². The zero-order chi connectivity index (χ0) is 25.7. The number of Topliss-reactive ketones (excluding diaryl/α,β-unsaturated/α-hetero) is 1. The van der Waals surface area contributed by atoms with Crippen molar-refractivity contribution in [1.82, 2.24) is 4.90 Å². The molecular weight excluding hydrogens is 460 g/mol. The molecule has 0 radical (unpaired) electrons. The highest BCUT2D eigenvalue weighted by molar-refractivity contribution is 6.46. The lowest BCUT2D eigenvalue weighted by Crippen LogP contribution is -3.14. The summed E-state index contributed by atoms with van der Waals surface area (Å²) in [5.74, 6) is -0.713. The van der Waals surface area contributed by atoms with Gasteiger partial charge in [-0.15, -0.1) is 0 Å². The maximum atomic E-state index is 13.6. The van der Waals surface area contributed by atoms with E-state index in [4.69, 9.17) is 14.2 Å². The van der Waals surface area contributed by atoms with Crippen molar-refractivity contribution in [3.05, 3.63) is 64.7 Å². The number of amides is 1. The number of carbonyl (C=O) groups is 2. The minimum absolute atomic E-state index is 0.0209. The van der Waals surface area contributed by atoms with E-state index in [2.05, 4.69) is 0 Å². The molecule has 8 nitrogen and oxygen atoms in total. The number of ketones is 1. The quantitative estimate of drug-likeness (QED) is 0.317. The Kier molecular flexibility index (Phi) is 8.28. The molecule has 0 saturated carbocycles. The van der Waals surface area contributed by atoms with Crippen LogP contribution >= 0.6 is 0 Å². The number of benzene rings is 2. The summed E-state index contributed by atoms with van der Waals surface area (Å²) in [4.78, 5) is 29.4. The van der Waals surface area contributed by atoms with Gasteiger partial charge in [0.15, 0.2) is 11.5 Å². The number of rotatable bonds is 9. The zero-order valence-corrected chi connectivity index (χ0v) is 21.2. The molecule has 2 heterocycles. The number of morpholine rings is 1. The van der Waals surface area contributed by atoms with E-state index < -0.39 is 23.5 Å². The fraction of sp³-hybridized carbons (Fsp3) is 0.429. The van der Waals surface area contributed by atoms with Gasteiger partial charge in [0.05, 0.1) is 45.6 Å². The molecule has 2 aromatic rings. The van der Waals surface area contributed by atoms with Gasteiger partial charge in [0.1, 0.15) is 13.1 Å². The predicted octanol–water partition coefficient (Wildman–Crippen LogP) is 0.932. The van der Waals surface area contributed by atoms with Crippen molar-refractivity contribution in [2.75, 3.05) is 52.6 Å². The van der Waals surface area contributed by atoms with Gasteiger partial charge in [0.2, 0.25) is 5.78 Å². The van der Waals surface area contributed by atoms with E-state index in [1.165, 1.54) is 9.80 Å². The zero-order valence-electron chi connectivity index (χ0n) is 21.2. The molecular formula is C28H34N2O6. The highest BCUT2D eigenvalue weighted by Crippen LogP contribution is 2.41. The normalized spacial score (nSPS) is 20.1. The number of nitrogens with zero attached hydrogens (tertiary/aromatic N) is 1. The number of likely N-dealkylation sites (tertiary alicyclic amines) is 1. The minimum Gasteiger partial charge on any atom is -0.872 e. The molecule has 0 bridgehead atoms. The molecule has 2 aliphatic rings. The summed E-state index contributed by atoms with van der Waals surface area (Å²) in [5, 5.41) is 13.6. The summed E-state index contributed by atoms with van der Waals surface area (Å²) >= 11 is 0. The van der Waals surface area contributed by atoms with Crippen molar-refractivity contribution in [2.24, 2.45) is 0 Å². The Hall–Kier alpha value is -3.36. The highest BCUT2D eigenvalue weighted by Gasteiger charge is 2.44. The average molecular weight is 495 g/mol. The molecule has 1 atom stereocenters. The Bertz CT molecular complexity index is 1120. The van der Waals surface area contributed by atoms with Crippen molar-refractivity contribution in [2.45, 2.75) is 26.8 Å². The molecule has 4 rings (SSSR count). The van der Waals surface area contributed by atoms with Gasteiger partial charge in [-0.3, -0.25) is 9.59 Å². The van der Waals surface area contributed by atoms with E-state index in [9.17, 15) is 14.7 Å². The third kappa shape index (κ3) is 5.39. The second kappa shape index (κ2) is 11.6. The van der Waals surface area contributed by atoms with E-state index >= 15 is 0 Å². The van der Waals surface area contributed by atoms with Gasteiger partial charge >= 0.3 is 0 Å². The van der Waals surface area contributed by atoms with Crippen LogP contribution in [0.2, 0.25) is 0 Å². The van der Waals surface area contributed by atoms with Crippen LogP contribution in [-0.4, -0.2) is 69.2 Å². The number of hydrogen-bond acceptors (Lipinski definition) is 6. The number of quaternary nitrogens is 1. The van der Waals surface area contributed by atoms with Crippen LogP contribution in [0.3, 0.4) is 0 Å². The summed E-state index contributed by atoms with van der Waals surface area (Å²) in [6.45, 7) is 10.6. The van der Waals surface area contributed by atoms with Gasteiger partial charge < -0.3 is 29.1 Å². The smallest absolute Gasteiger partial charge is 0.295 e. The third-order valence-electron chi connectivity index (χ3n) is 6.63. The van der Waals surface area contributed by atoms with Gasteiger partial charge in [-0.1, -0.05) is 41.7 Å². The monoisotopic (exact) mass is 494 g/mol. The van der Waals surface area contributed by atoms with Crippen molar-refractivity contribution >= 4 is 17.4 Å². The Morgan fingerprint density at radius 1 is 1.03 bits per heavy atom. The average Bonchev–Trinajstić information content (AvgIpc) is 3.14. The standard InChI is InChI=1S/C28H34N2O6/c1-4-35-22-11-10-21(18-23(22)36-5-2)25-24(26(31)20-8-6-19(3)7-9-20)27(32)28(33)30(25)13-12-29-14-16-34-17-15-29/h6-11,18,25,31H,4-5,12-17H2,1-3H3/b26-24+.